The van der Waals surface area contributed by atoms with Gasteiger partial charge in [-0.1, -0.05) is 13.0 Å². The SMILES string of the molecule is CCC(C)NC(=O)c1cccc(S(N)=O)c1. The number of hydrogen-bond acceptors (Lipinski definition) is 2. The average molecular weight is 240 g/mol. The highest BCUT2D eigenvalue weighted by molar-refractivity contribution is 7.82. The van der Waals surface area contributed by atoms with Gasteiger partial charge in [0.05, 0.1) is 4.90 Å². The van der Waals surface area contributed by atoms with E-state index in [1.807, 2.05) is 13.8 Å². The molecule has 0 saturated heterocycles. The van der Waals surface area contributed by atoms with Crippen LogP contribution in [0, 0.1) is 0 Å². The lowest BCUT2D eigenvalue weighted by molar-refractivity contribution is 0.0939. The summed E-state index contributed by atoms with van der Waals surface area (Å²) in [6.07, 6.45) is 0.869. The summed E-state index contributed by atoms with van der Waals surface area (Å²) in [4.78, 5) is 12.2. The molecule has 0 heterocycles. The first kappa shape index (κ1) is 12.9. The summed E-state index contributed by atoms with van der Waals surface area (Å²) in [5.74, 6) is -0.165. The van der Waals surface area contributed by atoms with Crippen molar-refractivity contribution in [1.82, 2.24) is 5.32 Å². The summed E-state index contributed by atoms with van der Waals surface area (Å²) in [5.41, 5.74) is 0.483. The Morgan fingerprint density at radius 1 is 1.56 bits per heavy atom. The fraction of sp³-hybridized carbons (Fsp3) is 0.364. The smallest absolute Gasteiger partial charge is 0.251 e. The largest absolute Gasteiger partial charge is 0.350 e. The molecule has 1 aromatic carbocycles. The second-order valence-corrected chi connectivity index (χ2v) is 4.67. The van der Waals surface area contributed by atoms with E-state index in [2.05, 4.69) is 5.32 Å². The summed E-state index contributed by atoms with van der Waals surface area (Å²) in [5, 5.41) is 8.08. The van der Waals surface area contributed by atoms with Crippen LogP contribution in [0.5, 0.6) is 0 Å². The fourth-order valence-corrected chi connectivity index (χ4v) is 1.63. The van der Waals surface area contributed by atoms with Crippen molar-refractivity contribution >= 4 is 16.9 Å². The van der Waals surface area contributed by atoms with Gasteiger partial charge in [-0.3, -0.25) is 4.79 Å². The van der Waals surface area contributed by atoms with Gasteiger partial charge in [-0.2, -0.15) is 0 Å². The molecular formula is C11H16N2O2S. The maximum Gasteiger partial charge on any atom is 0.251 e. The van der Waals surface area contributed by atoms with Crippen molar-refractivity contribution in [2.45, 2.75) is 31.2 Å². The third-order valence-corrected chi connectivity index (χ3v) is 3.04. The summed E-state index contributed by atoms with van der Waals surface area (Å²) < 4.78 is 11.1. The summed E-state index contributed by atoms with van der Waals surface area (Å²) in [6, 6.07) is 6.66. The number of benzene rings is 1. The molecule has 4 nitrogen and oxygen atoms in total. The van der Waals surface area contributed by atoms with Gasteiger partial charge in [0.2, 0.25) is 0 Å². The normalized spacial score (nSPS) is 14.2. The first-order valence-electron chi connectivity index (χ1n) is 5.11. The zero-order valence-corrected chi connectivity index (χ0v) is 10.2. The molecule has 0 radical (unpaired) electrons. The summed E-state index contributed by atoms with van der Waals surface area (Å²) >= 11 is 0. The molecule has 0 fully saturated rings. The maximum atomic E-state index is 11.7. The second-order valence-electron chi connectivity index (χ2n) is 3.61. The van der Waals surface area contributed by atoms with Crippen molar-refractivity contribution in [1.29, 1.82) is 0 Å². The van der Waals surface area contributed by atoms with E-state index >= 15 is 0 Å². The highest BCUT2D eigenvalue weighted by atomic mass is 32.2. The number of nitrogens with one attached hydrogen (secondary N) is 1. The Kier molecular flexibility index (Phi) is 4.64. The van der Waals surface area contributed by atoms with Crippen molar-refractivity contribution in [3.63, 3.8) is 0 Å². The molecule has 0 aliphatic carbocycles. The van der Waals surface area contributed by atoms with Crippen molar-refractivity contribution in [2.24, 2.45) is 5.14 Å². The average Bonchev–Trinajstić information content (AvgIpc) is 2.28. The van der Waals surface area contributed by atoms with Crippen LogP contribution in [0.4, 0.5) is 0 Å². The lowest BCUT2D eigenvalue weighted by atomic mass is 10.2. The number of rotatable bonds is 4. The molecule has 0 spiro atoms. The quantitative estimate of drug-likeness (QED) is 0.830. The van der Waals surface area contributed by atoms with Gasteiger partial charge in [0.1, 0.15) is 11.0 Å². The number of amides is 1. The van der Waals surface area contributed by atoms with Crippen LogP contribution < -0.4 is 10.5 Å². The van der Waals surface area contributed by atoms with Crippen LogP contribution in [-0.4, -0.2) is 16.2 Å². The van der Waals surface area contributed by atoms with E-state index in [1.165, 1.54) is 0 Å². The maximum absolute atomic E-state index is 11.7. The van der Waals surface area contributed by atoms with E-state index < -0.39 is 11.0 Å². The Labute approximate surface area is 97.8 Å². The Hall–Kier alpha value is -1.20. The molecule has 0 bridgehead atoms. The molecule has 1 amide bonds. The molecule has 0 aromatic heterocycles. The first-order chi connectivity index (χ1) is 7.54. The molecular weight excluding hydrogens is 224 g/mol. The molecule has 1 rings (SSSR count). The summed E-state index contributed by atoms with van der Waals surface area (Å²) in [6.45, 7) is 3.93. The van der Waals surface area contributed by atoms with Crippen molar-refractivity contribution in [3.8, 4) is 0 Å². The highest BCUT2D eigenvalue weighted by Crippen LogP contribution is 2.07. The number of nitrogens with two attached hydrogens (primary N) is 1. The minimum absolute atomic E-state index is 0.125. The molecule has 2 atom stereocenters. The molecule has 0 aliphatic heterocycles. The predicted molar refractivity (Wildman–Crippen MR) is 64.3 cm³/mol. The lowest BCUT2D eigenvalue weighted by Gasteiger charge is -2.11. The van der Waals surface area contributed by atoms with Gasteiger partial charge in [0.25, 0.3) is 5.91 Å². The third-order valence-electron chi connectivity index (χ3n) is 2.32. The highest BCUT2D eigenvalue weighted by Gasteiger charge is 2.09. The topological polar surface area (TPSA) is 72.2 Å². The van der Waals surface area contributed by atoms with Gasteiger partial charge in [-0.05, 0) is 31.5 Å². The number of carbonyl (C=O) groups is 1. The monoisotopic (exact) mass is 240 g/mol. The molecule has 2 unspecified atom stereocenters. The number of hydrogen-bond donors (Lipinski definition) is 2. The van der Waals surface area contributed by atoms with Crippen LogP contribution >= 0.6 is 0 Å². The van der Waals surface area contributed by atoms with Gasteiger partial charge in [0, 0.05) is 11.6 Å². The number of carbonyl (C=O) groups excluding carboxylic acids is 1. The minimum atomic E-state index is -1.55. The van der Waals surface area contributed by atoms with Crippen molar-refractivity contribution in [2.75, 3.05) is 0 Å². The lowest BCUT2D eigenvalue weighted by Crippen LogP contribution is -2.31. The zero-order chi connectivity index (χ0) is 12.1. The first-order valence-corrected chi connectivity index (χ1v) is 6.33. The van der Waals surface area contributed by atoms with Crippen LogP contribution in [0.25, 0.3) is 0 Å². The Bertz CT molecular complexity index is 407. The van der Waals surface area contributed by atoms with E-state index in [4.69, 9.17) is 5.14 Å². The van der Waals surface area contributed by atoms with E-state index in [9.17, 15) is 9.00 Å². The van der Waals surface area contributed by atoms with Crippen LogP contribution in [0.2, 0.25) is 0 Å². The minimum Gasteiger partial charge on any atom is -0.350 e. The van der Waals surface area contributed by atoms with Crippen molar-refractivity contribution in [3.05, 3.63) is 29.8 Å². The molecule has 5 heteroatoms. The molecule has 3 N–H and O–H groups in total. The van der Waals surface area contributed by atoms with E-state index in [1.54, 1.807) is 24.3 Å². The fourth-order valence-electron chi connectivity index (χ4n) is 1.17. The van der Waals surface area contributed by atoms with Gasteiger partial charge < -0.3 is 5.32 Å². The molecule has 88 valence electrons. The zero-order valence-electron chi connectivity index (χ0n) is 9.40. The van der Waals surface area contributed by atoms with Crippen molar-refractivity contribution < 1.29 is 9.00 Å². The van der Waals surface area contributed by atoms with Crippen LogP contribution in [0.15, 0.2) is 29.2 Å². The molecule has 0 aliphatic rings. The molecule has 1 aromatic rings. The predicted octanol–water partition coefficient (Wildman–Crippen LogP) is 1.20. The van der Waals surface area contributed by atoms with Gasteiger partial charge in [0.15, 0.2) is 0 Å². The van der Waals surface area contributed by atoms with Gasteiger partial charge >= 0.3 is 0 Å². The molecule has 0 saturated carbocycles. The Morgan fingerprint density at radius 2 is 2.25 bits per heavy atom. The standard InChI is InChI=1S/C11H16N2O2S/c1-3-8(2)13-11(14)9-5-4-6-10(7-9)16(12)15/h4-8H,3,12H2,1-2H3,(H,13,14). The molecule has 16 heavy (non-hydrogen) atoms. The van der Waals surface area contributed by atoms with Crippen LogP contribution in [0.1, 0.15) is 30.6 Å². The Morgan fingerprint density at radius 3 is 2.81 bits per heavy atom. The second kappa shape index (κ2) is 5.77. The van der Waals surface area contributed by atoms with Gasteiger partial charge in [-0.25, -0.2) is 9.35 Å². The third kappa shape index (κ3) is 3.43. The van der Waals surface area contributed by atoms with E-state index in [-0.39, 0.29) is 11.9 Å². The van der Waals surface area contributed by atoms with E-state index in [0.29, 0.717) is 10.5 Å². The summed E-state index contributed by atoms with van der Waals surface area (Å²) in [7, 11) is -1.55. The van der Waals surface area contributed by atoms with Crippen LogP contribution in [-0.2, 0) is 11.0 Å². The van der Waals surface area contributed by atoms with Crippen LogP contribution in [0.3, 0.4) is 0 Å². The van der Waals surface area contributed by atoms with E-state index in [0.717, 1.165) is 6.42 Å². The Balaban J connectivity index is 2.83. The van der Waals surface area contributed by atoms with Gasteiger partial charge in [-0.15, -0.1) is 0 Å².